The summed E-state index contributed by atoms with van der Waals surface area (Å²) >= 11 is 0. The van der Waals surface area contributed by atoms with E-state index in [0.717, 1.165) is 17.0 Å². The minimum atomic E-state index is -0.227. The molecule has 0 radical (unpaired) electrons. The molecule has 3 rings (SSSR count). The summed E-state index contributed by atoms with van der Waals surface area (Å²) in [6.07, 6.45) is 0.315. The number of hydrogen-bond donors (Lipinski definition) is 1. The summed E-state index contributed by atoms with van der Waals surface area (Å²) in [5, 5.41) is 2.87. The van der Waals surface area contributed by atoms with Gasteiger partial charge in [-0.05, 0) is 62.2 Å². The molecule has 0 bridgehead atoms. The van der Waals surface area contributed by atoms with Crippen LogP contribution in [-0.2, 0) is 0 Å². The van der Waals surface area contributed by atoms with Crippen molar-refractivity contribution in [2.24, 2.45) is 4.99 Å². The maximum absolute atomic E-state index is 12.4. The number of fused-ring (bicyclic) bond motifs is 1. The Morgan fingerprint density at radius 1 is 1.04 bits per heavy atom. The molecule has 1 aliphatic heterocycles. The van der Waals surface area contributed by atoms with Gasteiger partial charge in [0.05, 0.1) is 5.69 Å². The number of carbonyl (C=O) groups is 2. The third-order valence-corrected chi connectivity index (χ3v) is 4.05. The van der Waals surface area contributed by atoms with Crippen molar-refractivity contribution in [3.8, 4) is 0 Å². The first-order valence-electron chi connectivity index (χ1n) is 7.54. The molecule has 1 heterocycles. The fourth-order valence-electron chi connectivity index (χ4n) is 2.59. The molecule has 0 saturated carbocycles. The predicted octanol–water partition coefficient (Wildman–Crippen LogP) is 4.23. The molecule has 0 unspecified atom stereocenters. The van der Waals surface area contributed by atoms with Crippen molar-refractivity contribution in [1.82, 2.24) is 0 Å². The number of carbonyl (C=O) groups excluding carboxylic acids is 2. The molecule has 0 fully saturated rings. The minimum absolute atomic E-state index is 0.00771. The number of Topliss-reactive ketones (excluding diaryl/α,β-unsaturated/α-hetero) is 1. The van der Waals surface area contributed by atoms with Crippen LogP contribution in [0.2, 0.25) is 0 Å². The van der Waals surface area contributed by atoms with Crippen LogP contribution in [0.4, 0.5) is 11.4 Å². The van der Waals surface area contributed by atoms with Crippen LogP contribution in [-0.4, -0.2) is 17.4 Å². The lowest BCUT2D eigenvalue weighted by Crippen LogP contribution is -2.15. The van der Waals surface area contributed by atoms with Crippen LogP contribution in [0.5, 0.6) is 0 Å². The minimum Gasteiger partial charge on any atom is -0.322 e. The Kier molecular flexibility index (Phi) is 3.82. The van der Waals surface area contributed by atoms with Gasteiger partial charge in [-0.25, -0.2) is 0 Å². The number of nitrogens with zero attached hydrogens (tertiary/aromatic N) is 1. The van der Waals surface area contributed by atoms with Gasteiger partial charge in [-0.1, -0.05) is 6.07 Å². The highest BCUT2D eigenvalue weighted by Gasteiger charge is 2.19. The van der Waals surface area contributed by atoms with Gasteiger partial charge in [0.25, 0.3) is 5.91 Å². The molecular weight excluding hydrogens is 288 g/mol. The second-order valence-electron chi connectivity index (χ2n) is 5.93. The number of benzene rings is 2. The zero-order chi connectivity index (χ0) is 16.6. The van der Waals surface area contributed by atoms with E-state index >= 15 is 0 Å². The van der Waals surface area contributed by atoms with Gasteiger partial charge < -0.3 is 5.32 Å². The molecule has 2 aromatic carbocycles. The van der Waals surface area contributed by atoms with Crippen LogP contribution in [0.15, 0.2) is 41.4 Å². The van der Waals surface area contributed by atoms with Crippen molar-refractivity contribution in [2.45, 2.75) is 27.2 Å². The SMILES string of the molecule is CC1=Nc2ccc(C(=O)Nc3ccc(C)c(C)c3)cc2C(=O)C1. The highest BCUT2D eigenvalue weighted by Crippen LogP contribution is 2.27. The van der Waals surface area contributed by atoms with Crippen molar-refractivity contribution < 1.29 is 9.59 Å². The van der Waals surface area contributed by atoms with Crippen LogP contribution < -0.4 is 5.32 Å². The lowest BCUT2D eigenvalue weighted by Gasteiger charge is -2.13. The van der Waals surface area contributed by atoms with E-state index in [9.17, 15) is 9.59 Å². The molecule has 116 valence electrons. The molecule has 2 aromatic rings. The van der Waals surface area contributed by atoms with Crippen molar-refractivity contribution in [3.63, 3.8) is 0 Å². The third kappa shape index (κ3) is 3.06. The number of rotatable bonds is 2. The van der Waals surface area contributed by atoms with Crippen molar-refractivity contribution in [1.29, 1.82) is 0 Å². The summed E-state index contributed by atoms with van der Waals surface area (Å²) in [6.45, 7) is 5.86. The fourth-order valence-corrected chi connectivity index (χ4v) is 2.59. The highest BCUT2D eigenvalue weighted by molar-refractivity contribution is 6.16. The van der Waals surface area contributed by atoms with E-state index in [4.69, 9.17) is 0 Å². The lowest BCUT2D eigenvalue weighted by molar-refractivity contribution is 0.0999. The first-order valence-corrected chi connectivity index (χ1v) is 7.54. The van der Waals surface area contributed by atoms with Crippen LogP contribution in [0.25, 0.3) is 0 Å². The third-order valence-electron chi connectivity index (χ3n) is 4.05. The molecule has 23 heavy (non-hydrogen) atoms. The van der Waals surface area contributed by atoms with E-state index in [-0.39, 0.29) is 11.7 Å². The zero-order valence-electron chi connectivity index (χ0n) is 13.4. The molecule has 0 atom stereocenters. The van der Waals surface area contributed by atoms with Gasteiger partial charge in [0.15, 0.2) is 5.78 Å². The number of ketones is 1. The summed E-state index contributed by atoms with van der Waals surface area (Å²) in [6, 6.07) is 10.8. The number of aliphatic imine (C=N–C) groups is 1. The summed E-state index contributed by atoms with van der Waals surface area (Å²) in [4.78, 5) is 28.9. The zero-order valence-corrected chi connectivity index (χ0v) is 13.4. The van der Waals surface area contributed by atoms with Gasteiger partial charge in [-0.2, -0.15) is 0 Å². The van der Waals surface area contributed by atoms with Crippen molar-refractivity contribution >= 4 is 28.8 Å². The standard InChI is InChI=1S/C19H18N2O2/c1-11-4-6-15(8-12(11)2)21-19(23)14-5-7-17-16(10-14)18(22)9-13(3)20-17/h4-8,10H,9H2,1-3H3,(H,21,23). The topological polar surface area (TPSA) is 58.5 Å². The summed E-state index contributed by atoms with van der Waals surface area (Å²) in [5.41, 5.74) is 5.46. The smallest absolute Gasteiger partial charge is 0.255 e. The largest absolute Gasteiger partial charge is 0.322 e. The second-order valence-corrected chi connectivity index (χ2v) is 5.93. The van der Waals surface area contributed by atoms with Crippen LogP contribution in [0, 0.1) is 13.8 Å². The molecular formula is C19H18N2O2. The summed E-state index contributed by atoms with van der Waals surface area (Å²) < 4.78 is 0. The molecule has 1 aliphatic rings. The summed E-state index contributed by atoms with van der Waals surface area (Å²) in [7, 11) is 0. The number of anilines is 1. The Labute approximate surface area is 135 Å². The molecule has 1 amide bonds. The predicted molar refractivity (Wildman–Crippen MR) is 92.0 cm³/mol. The van der Waals surface area contributed by atoms with Crippen molar-refractivity contribution in [3.05, 3.63) is 58.7 Å². The Hall–Kier alpha value is -2.75. The van der Waals surface area contributed by atoms with E-state index in [1.165, 1.54) is 5.56 Å². The Bertz CT molecular complexity index is 850. The second kappa shape index (κ2) is 5.80. The molecule has 0 aliphatic carbocycles. The normalized spacial score (nSPS) is 13.3. The van der Waals surface area contributed by atoms with Gasteiger partial charge >= 0.3 is 0 Å². The lowest BCUT2D eigenvalue weighted by atomic mass is 9.98. The average Bonchev–Trinajstić information content (AvgIpc) is 2.50. The molecule has 1 N–H and O–H groups in total. The van der Waals surface area contributed by atoms with Gasteiger partial charge in [-0.3, -0.25) is 14.6 Å². The quantitative estimate of drug-likeness (QED) is 0.902. The van der Waals surface area contributed by atoms with Gasteiger partial charge in [0.2, 0.25) is 0 Å². The number of aryl methyl sites for hydroxylation is 2. The molecule has 0 spiro atoms. The molecule has 0 saturated heterocycles. The van der Waals surface area contributed by atoms with E-state index in [0.29, 0.717) is 23.2 Å². The fraction of sp³-hybridized carbons (Fsp3) is 0.211. The number of amides is 1. The summed E-state index contributed by atoms with van der Waals surface area (Å²) in [5.74, 6) is -0.219. The van der Waals surface area contributed by atoms with Crippen LogP contribution in [0.1, 0.15) is 45.2 Å². The van der Waals surface area contributed by atoms with Gasteiger partial charge in [0.1, 0.15) is 0 Å². The van der Waals surface area contributed by atoms with E-state index < -0.39 is 0 Å². The first-order chi connectivity index (χ1) is 10.9. The number of hydrogen-bond acceptors (Lipinski definition) is 3. The first kappa shape index (κ1) is 15.2. The maximum Gasteiger partial charge on any atom is 0.255 e. The maximum atomic E-state index is 12.4. The Morgan fingerprint density at radius 2 is 1.83 bits per heavy atom. The van der Waals surface area contributed by atoms with Gasteiger partial charge in [0, 0.05) is 28.9 Å². The molecule has 0 aromatic heterocycles. The number of nitrogens with one attached hydrogen (secondary N) is 1. The van der Waals surface area contributed by atoms with E-state index in [2.05, 4.69) is 10.3 Å². The van der Waals surface area contributed by atoms with Crippen LogP contribution >= 0.6 is 0 Å². The highest BCUT2D eigenvalue weighted by atomic mass is 16.1. The Balaban J connectivity index is 1.87. The van der Waals surface area contributed by atoms with E-state index in [1.54, 1.807) is 18.2 Å². The van der Waals surface area contributed by atoms with Crippen LogP contribution in [0.3, 0.4) is 0 Å². The molecule has 4 heteroatoms. The molecule has 4 nitrogen and oxygen atoms in total. The average molecular weight is 306 g/mol. The van der Waals surface area contributed by atoms with Gasteiger partial charge in [-0.15, -0.1) is 0 Å². The van der Waals surface area contributed by atoms with E-state index in [1.807, 2.05) is 39.0 Å². The monoisotopic (exact) mass is 306 g/mol. The Morgan fingerprint density at radius 3 is 2.57 bits per heavy atom. The van der Waals surface area contributed by atoms with Crippen molar-refractivity contribution in [2.75, 3.05) is 5.32 Å².